The fourth-order valence-electron chi connectivity index (χ4n) is 5.97. The zero-order valence-electron chi connectivity index (χ0n) is 33.4. The molecule has 0 aliphatic heterocycles. The van der Waals surface area contributed by atoms with Crippen LogP contribution >= 0.6 is 0 Å². The van der Waals surface area contributed by atoms with E-state index in [1.165, 1.54) is 96.0 Å². The first-order valence-corrected chi connectivity index (χ1v) is 22.7. The zero-order chi connectivity index (χ0) is 38.2. The molecule has 0 saturated heterocycles. The number of nitrogens with one attached hydrogen (secondary N) is 1. The number of amides is 1. The van der Waals surface area contributed by atoms with Gasteiger partial charge < -0.3 is 10.4 Å². The Labute approximate surface area is 321 Å². The molecule has 0 aromatic heterocycles. The Morgan fingerprint density at radius 3 is 1.44 bits per heavy atom. The van der Waals surface area contributed by atoms with Crippen LogP contribution in [0, 0.1) is 0 Å². The summed E-state index contributed by atoms with van der Waals surface area (Å²) in [5.74, 6) is -1.03. The fraction of sp³-hybridized carbons (Fsp3) is 0.711. The number of aliphatic hydroxyl groups is 1. The van der Waals surface area contributed by atoms with Crippen LogP contribution in [-0.4, -0.2) is 41.9 Å². The van der Waals surface area contributed by atoms with Crippen molar-refractivity contribution in [3.05, 3.63) is 72.9 Å². The van der Waals surface area contributed by atoms with E-state index in [0.29, 0.717) is 12.8 Å². The molecule has 0 bridgehead atoms. The summed E-state index contributed by atoms with van der Waals surface area (Å²) in [5, 5.41) is 13.2. The first kappa shape index (κ1) is 49.8. The smallest absolute Gasteiger partial charge is 0.267 e. The molecule has 300 valence electrons. The van der Waals surface area contributed by atoms with E-state index in [1.54, 1.807) is 6.08 Å². The standard InChI is InChI=1S/C45H79NO5S/c1-3-5-7-9-11-13-15-17-19-21-22-23-25-26-28-30-32-34-36-38-40-44(47)43(42-52(49,50)51)46-45(48)41-39-37-35-33-31-29-27-24-20-18-16-14-12-10-8-6-4-2/h6,8,12,14,18,20,23,25,30,32,38,40,43-44,47H,3-5,7,9-11,13,15-17,19,21-22,24,26-29,31,33-37,39,41-42H2,1-2H3,(H,46,48)(H,49,50,51)/b8-6-,14-12-,20-18-,25-23+,32-30+,40-38+. The molecule has 0 spiro atoms. The number of unbranched alkanes of at least 4 members (excludes halogenated alkanes) is 19. The summed E-state index contributed by atoms with van der Waals surface area (Å²) in [6.45, 7) is 4.41. The van der Waals surface area contributed by atoms with Gasteiger partial charge in [-0.25, -0.2) is 0 Å². The van der Waals surface area contributed by atoms with Crippen LogP contribution in [-0.2, 0) is 14.9 Å². The van der Waals surface area contributed by atoms with E-state index in [2.05, 4.69) is 79.9 Å². The third-order valence-corrected chi connectivity index (χ3v) is 9.87. The van der Waals surface area contributed by atoms with Gasteiger partial charge in [-0.15, -0.1) is 0 Å². The van der Waals surface area contributed by atoms with Gasteiger partial charge in [0.2, 0.25) is 5.91 Å². The van der Waals surface area contributed by atoms with E-state index in [-0.39, 0.29) is 12.3 Å². The maximum atomic E-state index is 12.5. The van der Waals surface area contributed by atoms with Crippen LogP contribution in [0.4, 0.5) is 0 Å². The van der Waals surface area contributed by atoms with E-state index >= 15 is 0 Å². The van der Waals surface area contributed by atoms with Crippen molar-refractivity contribution in [2.24, 2.45) is 0 Å². The van der Waals surface area contributed by atoms with E-state index < -0.39 is 28.0 Å². The average molecular weight is 746 g/mol. The summed E-state index contributed by atoms with van der Waals surface area (Å²) >= 11 is 0. The van der Waals surface area contributed by atoms with Crippen molar-refractivity contribution >= 4 is 16.0 Å². The second-order valence-corrected chi connectivity index (χ2v) is 15.7. The van der Waals surface area contributed by atoms with Gasteiger partial charge in [0.05, 0.1) is 17.9 Å². The molecule has 2 atom stereocenters. The van der Waals surface area contributed by atoms with Gasteiger partial charge in [-0.05, 0) is 77.0 Å². The quantitative estimate of drug-likeness (QED) is 0.0334. The third kappa shape index (κ3) is 39.0. The molecule has 0 saturated carbocycles. The number of hydrogen-bond acceptors (Lipinski definition) is 4. The van der Waals surface area contributed by atoms with Crippen molar-refractivity contribution in [2.45, 2.75) is 199 Å². The van der Waals surface area contributed by atoms with Gasteiger partial charge in [-0.1, -0.05) is 177 Å². The molecule has 0 aromatic rings. The second-order valence-electron chi connectivity index (χ2n) is 14.2. The monoisotopic (exact) mass is 746 g/mol. The van der Waals surface area contributed by atoms with Crippen LogP contribution in [0.5, 0.6) is 0 Å². The Hall–Kier alpha value is -2.22. The summed E-state index contributed by atoms with van der Waals surface area (Å²) in [7, 11) is -4.37. The first-order chi connectivity index (χ1) is 25.3. The van der Waals surface area contributed by atoms with Gasteiger partial charge in [0.15, 0.2) is 0 Å². The number of allylic oxidation sites excluding steroid dienone is 11. The average Bonchev–Trinajstić information content (AvgIpc) is 3.11. The lowest BCUT2D eigenvalue weighted by molar-refractivity contribution is -0.122. The predicted molar refractivity (Wildman–Crippen MR) is 225 cm³/mol. The van der Waals surface area contributed by atoms with Gasteiger partial charge in [-0.2, -0.15) is 8.42 Å². The van der Waals surface area contributed by atoms with Gasteiger partial charge in [-0.3, -0.25) is 9.35 Å². The molecule has 3 N–H and O–H groups in total. The molecular weight excluding hydrogens is 667 g/mol. The van der Waals surface area contributed by atoms with E-state index in [1.807, 2.05) is 0 Å². The molecule has 0 rings (SSSR count). The Kier molecular flexibility index (Phi) is 36.9. The van der Waals surface area contributed by atoms with Crippen molar-refractivity contribution in [3.8, 4) is 0 Å². The molecule has 0 aliphatic rings. The Morgan fingerprint density at radius 1 is 0.538 bits per heavy atom. The predicted octanol–water partition coefficient (Wildman–Crippen LogP) is 12.6. The molecule has 7 heteroatoms. The minimum Gasteiger partial charge on any atom is -0.387 e. The van der Waals surface area contributed by atoms with Crippen molar-refractivity contribution in [1.82, 2.24) is 5.32 Å². The summed E-state index contributed by atoms with van der Waals surface area (Å²) < 4.78 is 32.5. The molecule has 2 unspecified atom stereocenters. The Bertz CT molecular complexity index is 1090. The van der Waals surface area contributed by atoms with Crippen LogP contribution in [0.15, 0.2) is 72.9 Å². The van der Waals surface area contributed by atoms with Gasteiger partial charge in [0.25, 0.3) is 10.1 Å². The van der Waals surface area contributed by atoms with E-state index in [9.17, 15) is 22.9 Å². The fourth-order valence-corrected chi connectivity index (χ4v) is 6.70. The summed E-state index contributed by atoms with van der Waals surface area (Å²) in [6, 6.07) is -1.09. The van der Waals surface area contributed by atoms with Crippen LogP contribution in [0.25, 0.3) is 0 Å². The maximum absolute atomic E-state index is 12.5. The first-order valence-electron chi connectivity index (χ1n) is 21.1. The SMILES string of the molecule is CC/C=C\C/C=C\C/C=C\CCCCCCCCCC(=O)NC(CS(=O)(=O)O)C(O)/C=C/CC/C=C/CC/C=C/CCCCCCCCCCCC. The minimum atomic E-state index is -4.37. The van der Waals surface area contributed by atoms with Crippen molar-refractivity contribution in [2.75, 3.05) is 5.75 Å². The molecule has 0 heterocycles. The zero-order valence-corrected chi connectivity index (χ0v) is 34.2. The summed E-state index contributed by atoms with van der Waals surface area (Å²) in [5.41, 5.74) is 0. The lowest BCUT2D eigenvalue weighted by Gasteiger charge is -2.21. The summed E-state index contributed by atoms with van der Waals surface area (Å²) in [6.07, 6.45) is 54.6. The van der Waals surface area contributed by atoms with Crippen LogP contribution in [0.3, 0.4) is 0 Å². The van der Waals surface area contributed by atoms with Crippen LogP contribution in [0.2, 0.25) is 0 Å². The molecule has 0 radical (unpaired) electrons. The lowest BCUT2D eigenvalue weighted by atomic mass is 10.1. The number of carbonyl (C=O) groups excluding carboxylic acids is 1. The number of rotatable bonds is 37. The molecule has 52 heavy (non-hydrogen) atoms. The lowest BCUT2D eigenvalue weighted by Crippen LogP contribution is -2.46. The van der Waals surface area contributed by atoms with Crippen molar-refractivity contribution in [3.63, 3.8) is 0 Å². The van der Waals surface area contributed by atoms with Crippen LogP contribution < -0.4 is 5.32 Å². The van der Waals surface area contributed by atoms with Crippen molar-refractivity contribution < 1.29 is 22.9 Å². The molecule has 0 aliphatic carbocycles. The largest absolute Gasteiger partial charge is 0.387 e. The van der Waals surface area contributed by atoms with Crippen LogP contribution in [0.1, 0.15) is 187 Å². The number of hydrogen-bond donors (Lipinski definition) is 3. The topological polar surface area (TPSA) is 104 Å². The minimum absolute atomic E-state index is 0.270. The van der Waals surface area contributed by atoms with E-state index in [0.717, 1.165) is 64.2 Å². The van der Waals surface area contributed by atoms with Crippen molar-refractivity contribution in [1.29, 1.82) is 0 Å². The highest BCUT2D eigenvalue weighted by atomic mass is 32.2. The molecule has 0 aromatic carbocycles. The molecular formula is C45H79NO5S. The third-order valence-electron chi connectivity index (χ3n) is 9.09. The molecule has 1 amide bonds. The highest BCUT2D eigenvalue weighted by Gasteiger charge is 2.24. The van der Waals surface area contributed by atoms with E-state index in [4.69, 9.17) is 0 Å². The van der Waals surface area contributed by atoms with Gasteiger partial charge in [0.1, 0.15) is 0 Å². The normalized spacial score (nSPS) is 14.0. The number of aliphatic hydroxyl groups excluding tert-OH is 1. The maximum Gasteiger partial charge on any atom is 0.267 e. The Balaban J connectivity index is 4.02. The molecule has 0 fully saturated rings. The highest BCUT2D eigenvalue weighted by Crippen LogP contribution is 2.13. The number of carbonyl (C=O) groups is 1. The summed E-state index contributed by atoms with van der Waals surface area (Å²) in [4.78, 5) is 12.5. The second kappa shape index (κ2) is 38.5. The Morgan fingerprint density at radius 2 is 0.942 bits per heavy atom. The van der Waals surface area contributed by atoms with Gasteiger partial charge in [0, 0.05) is 6.42 Å². The highest BCUT2D eigenvalue weighted by molar-refractivity contribution is 7.85. The van der Waals surface area contributed by atoms with Gasteiger partial charge >= 0.3 is 0 Å². The molecule has 6 nitrogen and oxygen atoms in total.